The quantitative estimate of drug-likeness (QED) is 0.0355. The highest BCUT2D eigenvalue weighted by Gasteiger charge is 2.40. The van der Waals surface area contributed by atoms with Gasteiger partial charge >= 0.3 is 11.9 Å². The van der Waals surface area contributed by atoms with Crippen LogP contribution in [-0.4, -0.2) is 180 Å². The van der Waals surface area contributed by atoms with E-state index in [1.807, 2.05) is 61.7 Å². The van der Waals surface area contributed by atoms with E-state index >= 15 is 4.39 Å². The van der Waals surface area contributed by atoms with Gasteiger partial charge in [-0.2, -0.15) is 11.8 Å². The molecule has 24 heteroatoms. The Kier molecular flexibility index (Phi) is 27.4. The van der Waals surface area contributed by atoms with Crippen molar-refractivity contribution in [2.45, 2.75) is 82.8 Å². The van der Waals surface area contributed by atoms with E-state index in [2.05, 4.69) is 10.6 Å². The normalized spacial score (nSPS) is 14.9. The van der Waals surface area contributed by atoms with Crippen LogP contribution in [0.2, 0.25) is 0 Å². The minimum absolute atomic E-state index is 0.0153. The van der Waals surface area contributed by atoms with E-state index in [4.69, 9.17) is 35.5 Å². The van der Waals surface area contributed by atoms with Gasteiger partial charge in [0, 0.05) is 74.2 Å². The maximum atomic E-state index is 15.2. The highest BCUT2D eigenvalue weighted by atomic mass is 32.2. The zero-order valence-corrected chi connectivity index (χ0v) is 45.0. The summed E-state index contributed by atoms with van der Waals surface area (Å²) in [5.41, 5.74) is 13.1. The van der Waals surface area contributed by atoms with Crippen LogP contribution >= 0.6 is 23.5 Å². The number of aromatic nitrogens is 1. The number of halogens is 2. The number of aliphatic carboxylic acids is 2. The minimum Gasteiger partial charge on any atom is -0.480 e. The van der Waals surface area contributed by atoms with Crippen LogP contribution in [0.5, 0.6) is 0 Å². The van der Waals surface area contributed by atoms with Crippen LogP contribution in [0.1, 0.15) is 70.2 Å². The standard InChI is InChI=1S/C52H73F2N7O13S2/c1-52(2,3)48(42-28-36(38-29-37(53)10-11-39(38)54)32-59(42)31-35-8-5-4-6-9-35)60(17-7-15-55)47(65)34-75-27-14-41(51(69)70)58-45(63)13-19-71-21-23-73-25-26-74-24-22-72-20-16-57-44(62)12-18-61-46(64)30-43(49(61)66)76-33-40(56)50(67)68/h4-6,8-11,28-29,32,40-41,43,48H,7,12-27,30-31,33-34,55-56H2,1-3H3,(H,57,62)(H,58,63)(H,67,68)(H,69,70)/t40-,41+,43+,48-/m0/s1. The van der Waals surface area contributed by atoms with Crippen molar-refractivity contribution in [3.05, 3.63) is 83.7 Å². The summed E-state index contributed by atoms with van der Waals surface area (Å²) < 4.78 is 53.4. The number of ether oxygens (including phenoxy) is 4. The SMILES string of the molecule is CC(C)(C)[C@H](c1cc(-c2cc(F)ccc2F)cn1Cc1ccccc1)N(CCCN)C(=O)CSCC[C@@H](NC(=O)CCOCCOCCOCCOCCNC(=O)CCN1C(=O)C[C@@H](SC[C@H](N)C(=O)O)C1=O)C(=O)O. The second kappa shape index (κ2) is 33.0. The smallest absolute Gasteiger partial charge is 0.326 e. The number of carbonyl (C=O) groups excluding carboxylic acids is 5. The third kappa shape index (κ3) is 21.5. The van der Waals surface area contributed by atoms with Gasteiger partial charge in [-0.25, -0.2) is 13.6 Å². The number of carboxylic acid groups (broad SMARTS) is 2. The minimum atomic E-state index is -1.21. The molecule has 20 nitrogen and oxygen atoms in total. The first-order valence-electron chi connectivity index (χ1n) is 25.1. The van der Waals surface area contributed by atoms with Crippen molar-refractivity contribution >= 4 is 65.0 Å². The summed E-state index contributed by atoms with van der Waals surface area (Å²) in [6, 6.07) is 11.9. The first kappa shape index (κ1) is 63.1. The Hall–Kier alpha value is -5.47. The molecule has 0 spiro atoms. The van der Waals surface area contributed by atoms with Crippen LogP contribution in [0.15, 0.2) is 60.8 Å². The van der Waals surface area contributed by atoms with Crippen LogP contribution in [0, 0.1) is 17.0 Å². The second-order valence-corrected chi connectivity index (χ2v) is 21.2. The molecule has 0 bridgehead atoms. The van der Waals surface area contributed by atoms with Gasteiger partial charge in [0.2, 0.25) is 29.5 Å². The number of nitrogens with zero attached hydrogens (tertiary/aromatic N) is 3. The lowest BCUT2D eigenvalue weighted by molar-refractivity contribution is -0.142. The number of carboxylic acids is 2. The van der Waals surface area contributed by atoms with Crippen molar-refractivity contribution in [2.24, 2.45) is 16.9 Å². The van der Waals surface area contributed by atoms with Crippen LogP contribution in [0.4, 0.5) is 8.78 Å². The summed E-state index contributed by atoms with van der Waals surface area (Å²) >= 11 is 2.26. The van der Waals surface area contributed by atoms with Gasteiger partial charge in [-0.05, 0) is 60.4 Å². The summed E-state index contributed by atoms with van der Waals surface area (Å²) in [7, 11) is 0. The van der Waals surface area contributed by atoms with Gasteiger partial charge in [-0.15, -0.1) is 11.8 Å². The molecule has 1 aliphatic heterocycles. The Labute approximate surface area is 450 Å². The van der Waals surface area contributed by atoms with Crippen molar-refractivity contribution in [1.82, 2.24) is 25.0 Å². The molecule has 0 unspecified atom stereocenters. The number of hydrogen-bond donors (Lipinski definition) is 6. The molecule has 1 fully saturated rings. The first-order valence-corrected chi connectivity index (χ1v) is 27.3. The van der Waals surface area contributed by atoms with E-state index in [-0.39, 0.29) is 126 Å². The van der Waals surface area contributed by atoms with Crippen LogP contribution in [-0.2, 0) is 59.1 Å². The van der Waals surface area contributed by atoms with Gasteiger partial charge in [-0.1, -0.05) is 51.1 Å². The third-order valence-corrected chi connectivity index (χ3v) is 14.1. The lowest BCUT2D eigenvalue weighted by atomic mass is 9.83. The Morgan fingerprint density at radius 3 is 2.16 bits per heavy atom. The van der Waals surface area contributed by atoms with Crippen molar-refractivity contribution in [3.63, 3.8) is 0 Å². The number of nitrogens with one attached hydrogen (secondary N) is 2. The monoisotopic (exact) mass is 1110 g/mol. The number of thioether (sulfide) groups is 2. The number of hydrogen-bond acceptors (Lipinski definition) is 15. The van der Waals surface area contributed by atoms with Gasteiger partial charge in [0.05, 0.1) is 69.9 Å². The molecule has 4 rings (SSSR count). The average Bonchev–Trinajstić information content (AvgIpc) is 3.90. The van der Waals surface area contributed by atoms with Crippen LogP contribution < -0.4 is 22.1 Å². The maximum absolute atomic E-state index is 15.2. The molecule has 1 saturated heterocycles. The summed E-state index contributed by atoms with van der Waals surface area (Å²) in [6.07, 6.45) is 2.10. The molecule has 0 saturated carbocycles. The van der Waals surface area contributed by atoms with Crippen molar-refractivity contribution in [2.75, 3.05) is 96.3 Å². The first-order chi connectivity index (χ1) is 36.3. The third-order valence-electron chi connectivity index (χ3n) is 11.8. The Balaban J connectivity index is 1.09. The predicted molar refractivity (Wildman–Crippen MR) is 283 cm³/mol. The fraction of sp³-hybridized carbons (Fsp3) is 0.558. The molecule has 2 aromatic carbocycles. The average molecular weight is 1110 g/mol. The van der Waals surface area contributed by atoms with Crippen molar-refractivity contribution in [1.29, 1.82) is 0 Å². The number of imide groups is 1. The van der Waals surface area contributed by atoms with Crippen LogP contribution in [0.25, 0.3) is 11.1 Å². The lowest BCUT2D eigenvalue weighted by Gasteiger charge is -2.41. The fourth-order valence-corrected chi connectivity index (χ4v) is 10.0. The van der Waals surface area contributed by atoms with E-state index in [0.717, 1.165) is 46.1 Å². The van der Waals surface area contributed by atoms with Gasteiger partial charge in [0.15, 0.2) is 0 Å². The number of likely N-dealkylation sites (tertiary alicyclic amines) is 1. The Morgan fingerprint density at radius 2 is 1.53 bits per heavy atom. The molecule has 420 valence electrons. The molecular formula is C52H73F2N7O13S2. The Morgan fingerprint density at radius 1 is 0.868 bits per heavy atom. The van der Waals surface area contributed by atoms with Gasteiger partial charge in [0.1, 0.15) is 23.7 Å². The fourth-order valence-electron chi connectivity index (χ4n) is 8.04. The number of carbonyl (C=O) groups is 7. The van der Waals surface area contributed by atoms with Gasteiger partial charge in [0.25, 0.3) is 0 Å². The van der Waals surface area contributed by atoms with Crippen molar-refractivity contribution < 1.29 is 71.5 Å². The summed E-state index contributed by atoms with van der Waals surface area (Å²) in [4.78, 5) is 89.7. The highest BCUT2D eigenvalue weighted by molar-refractivity contribution is 8.00. The van der Waals surface area contributed by atoms with E-state index in [1.165, 1.54) is 11.8 Å². The zero-order chi connectivity index (χ0) is 55.6. The number of amides is 5. The molecule has 5 amide bonds. The molecule has 0 radical (unpaired) electrons. The molecular weight excluding hydrogens is 1030 g/mol. The van der Waals surface area contributed by atoms with E-state index < -0.39 is 70.1 Å². The van der Waals surface area contributed by atoms with E-state index in [1.54, 1.807) is 11.1 Å². The molecule has 4 atom stereocenters. The van der Waals surface area contributed by atoms with Crippen LogP contribution in [0.3, 0.4) is 0 Å². The summed E-state index contributed by atoms with van der Waals surface area (Å²) in [6.45, 7) is 8.94. The summed E-state index contributed by atoms with van der Waals surface area (Å²) in [5, 5.41) is 23.3. The number of benzene rings is 2. The number of rotatable bonds is 37. The maximum Gasteiger partial charge on any atom is 0.326 e. The molecule has 76 heavy (non-hydrogen) atoms. The zero-order valence-electron chi connectivity index (χ0n) is 43.4. The highest BCUT2D eigenvalue weighted by Crippen LogP contribution is 2.41. The lowest BCUT2D eigenvalue weighted by Crippen LogP contribution is -2.44. The molecule has 1 aromatic heterocycles. The Bertz CT molecular complexity index is 2360. The second-order valence-electron chi connectivity index (χ2n) is 18.8. The molecule has 0 aliphatic carbocycles. The van der Waals surface area contributed by atoms with Crippen molar-refractivity contribution in [3.8, 4) is 11.1 Å². The molecule has 2 heterocycles. The van der Waals surface area contributed by atoms with E-state index in [0.29, 0.717) is 31.6 Å². The molecule has 3 aromatic rings. The van der Waals surface area contributed by atoms with Gasteiger partial charge in [-0.3, -0.25) is 33.7 Å². The molecule has 8 N–H and O–H groups in total. The summed E-state index contributed by atoms with van der Waals surface area (Å²) in [5.74, 6) is -5.29. The topological polar surface area (TPSA) is 284 Å². The largest absolute Gasteiger partial charge is 0.480 e. The number of nitrogens with two attached hydrogens (primary N) is 2. The molecule has 1 aliphatic rings. The van der Waals surface area contributed by atoms with Gasteiger partial charge < -0.3 is 60.7 Å². The van der Waals surface area contributed by atoms with E-state index in [9.17, 15) is 43.1 Å². The predicted octanol–water partition coefficient (Wildman–Crippen LogP) is 3.67.